The molecule has 0 aliphatic carbocycles. The van der Waals surface area contributed by atoms with E-state index in [0.717, 1.165) is 0 Å². The summed E-state index contributed by atoms with van der Waals surface area (Å²) in [7, 11) is 0. The molecule has 0 aliphatic rings. The molecule has 0 spiro atoms. The standard InChI is InChI=1S/C8H14F2/c1-5-6(9)7(10)8(2,3)4/h5H2,1-4H3/b7-6-. The van der Waals surface area contributed by atoms with Crippen molar-refractivity contribution in [1.82, 2.24) is 0 Å². The van der Waals surface area contributed by atoms with Crippen molar-refractivity contribution < 1.29 is 8.78 Å². The van der Waals surface area contributed by atoms with Gasteiger partial charge in [-0.2, -0.15) is 0 Å². The third kappa shape index (κ3) is 2.46. The Morgan fingerprint density at radius 2 is 1.60 bits per heavy atom. The Hall–Kier alpha value is -0.400. The Bertz CT molecular complexity index is 140. The summed E-state index contributed by atoms with van der Waals surface area (Å²) in [6.07, 6.45) is 0.142. The number of hydrogen-bond acceptors (Lipinski definition) is 0. The van der Waals surface area contributed by atoms with Crippen LogP contribution in [0.5, 0.6) is 0 Å². The van der Waals surface area contributed by atoms with Crippen molar-refractivity contribution in [3.05, 3.63) is 11.7 Å². The second-order valence-corrected chi connectivity index (χ2v) is 3.32. The molecule has 60 valence electrons. The Morgan fingerprint density at radius 3 is 1.70 bits per heavy atom. The molecule has 0 nitrogen and oxygen atoms in total. The third-order valence-electron chi connectivity index (χ3n) is 1.21. The lowest BCUT2D eigenvalue weighted by Crippen LogP contribution is -2.06. The Labute approximate surface area is 60.9 Å². The van der Waals surface area contributed by atoms with E-state index in [4.69, 9.17) is 0 Å². The summed E-state index contributed by atoms with van der Waals surface area (Å²) in [6, 6.07) is 0. The van der Waals surface area contributed by atoms with Crippen LogP contribution >= 0.6 is 0 Å². The molecule has 0 unspecified atom stereocenters. The second-order valence-electron chi connectivity index (χ2n) is 3.32. The van der Waals surface area contributed by atoms with Crippen molar-refractivity contribution in [1.29, 1.82) is 0 Å². The minimum Gasteiger partial charge on any atom is -0.209 e. The maximum atomic E-state index is 12.8. The zero-order valence-electron chi connectivity index (χ0n) is 6.96. The molecule has 0 N–H and O–H groups in total. The summed E-state index contributed by atoms with van der Waals surface area (Å²) in [4.78, 5) is 0. The SMILES string of the molecule is CC/C(F)=C(/F)C(C)(C)C. The lowest BCUT2D eigenvalue weighted by atomic mass is 9.94. The Balaban J connectivity index is 4.47. The molecule has 0 radical (unpaired) electrons. The lowest BCUT2D eigenvalue weighted by molar-refractivity contribution is 0.350. The minimum atomic E-state index is -0.680. The van der Waals surface area contributed by atoms with Crippen LogP contribution in [0.3, 0.4) is 0 Å². The highest BCUT2D eigenvalue weighted by Gasteiger charge is 2.20. The van der Waals surface area contributed by atoms with Gasteiger partial charge in [-0.05, 0) is 6.42 Å². The Morgan fingerprint density at radius 1 is 1.20 bits per heavy atom. The van der Waals surface area contributed by atoms with Crippen molar-refractivity contribution in [2.75, 3.05) is 0 Å². The van der Waals surface area contributed by atoms with Crippen LogP contribution in [0, 0.1) is 5.41 Å². The van der Waals surface area contributed by atoms with E-state index in [0.29, 0.717) is 0 Å². The Kier molecular flexibility index (Phi) is 3.00. The van der Waals surface area contributed by atoms with Crippen LogP contribution in [-0.4, -0.2) is 0 Å². The van der Waals surface area contributed by atoms with Crippen LogP contribution in [0.25, 0.3) is 0 Å². The highest BCUT2D eigenvalue weighted by Crippen LogP contribution is 2.30. The van der Waals surface area contributed by atoms with Gasteiger partial charge in [-0.3, -0.25) is 0 Å². The van der Waals surface area contributed by atoms with E-state index in [-0.39, 0.29) is 6.42 Å². The van der Waals surface area contributed by atoms with Gasteiger partial charge in [0.25, 0.3) is 0 Å². The molecular formula is C8H14F2. The molecular weight excluding hydrogens is 134 g/mol. The third-order valence-corrected chi connectivity index (χ3v) is 1.21. The van der Waals surface area contributed by atoms with Gasteiger partial charge in [0, 0.05) is 5.41 Å². The minimum absolute atomic E-state index is 0.142. The predicted octanol–water partition coefficient (Wildman–Crippen LogP) is 3.59. The fraction of sp³-hybridized carbons (Fsp3) is 0.750. The lowest BCUT2D eigenvalue weighted by Gasteiger charge is -2.15. The molecule has 10 heavy (non-hydrogen) atoms. The quantitative estimate of drug-likeness (QED) is 0.533. The molecule has 0 amide bonds. The summed E-state index contributed by atoms with van der Waals surface area (Å²) in [5, 5.41) is 0. The molecule has 2 heteroatoms. The molecule has 0 aromatic heterocycles. The zero-order chi connectivity index (χ0) is 8.36. The first-order valence-corrected chi connectivity index (χ1v) is 3.44. The molecule has 0 aromatic carbocycles. The van der Waals surface area contributed by atoms with E-state index in [1.807, 2.05) is 0 Å². The maximum Gasteiger partial charge on any atom is 0.137 e. The maximum absolute atomic E-state index is 12.8. The molecule has 0 heterocycles. The molecule has 0 saturated carbocycles. The van der Waals surface area contributed by atoms with Crippen LogP contribution in [-0.2, 0) is 0 Å². The van der Waals surface area contributed by atoms with E-state index in [1.165, 1.54) is 0 Å². The fourth-order valence-electron chi connectivity index (χ4n) is 0.562. The monoisotopic (exact) mass is 148 g/mol. The topological polar surface area (TPSA) is 0 Å². The van der Waals surface area contributed by atoms with Crippen molar-refractivity contribution in [3.63, 3.8) is 0 Å². The van der Waals surface area contributed by atoms with E-state index in [1.54, 1.807) is 27.7 Å². The van der Waals surface area contributed by atoms with Crippen molar-refractivity contribution in [3.8, 4) is 0 Å². The van der Waals surface area contributed by atoms with E-state index >= 15 is 0 Å². The van der Waals surface area contributed by atoms with E-state index in [2.05, 4.69) is 0 Å². The highest BCUT2D eigenvalue weighted by molar-refractivity contribution is 5.06. The number of halogens is 2. The molecule has 0 rings (SSSR count). The molecule has 0 atom stereocenters. The normalized spacial score (nSPS) is 15.0. The molecule has 0 saturated heterocycles. The van der Waals surface area contributed by atoms with Crippen LogP contribution in [0.4, 0.5) is 8.78 Å². The van der Waals surface area contributed by atoms with Gasteiger partial charge in [0.1, 0.15) is 11.7 Å². The molecule has 0 bridgehead atoms. The number of allylic oxidation sites excluding steroid dienone is 2. The van der Waals surface area contributed by atoms with Crippen LogP contribution in [0.15, 0.2) is 11.7 Å². The molecule has 0 fully saturated rings. The first kappa shape index (κ1) is 9.60. The first-order valence-electron chi connectivity index (χ1n) is 3.44. The van der Waals surface area contributed by atoms with Gasteiger partial charge in [0.2, 0.25) is 0 Å². The molecule has 0 aromatic rings. The number of hydrogen-bond donors (Lipinski definition) is 0. The summed E-state index contributed by atoms with van der Waals surface area (Å²) < 4.78 is 25.3. The van der Waals surface area contributed by atoms with Crippen molar-refractivity contribution in [2.24, 2.45) is 5.41 Å². The number of rotatable bonds is 1. The van der Waals surface area contributed by atoms with Gasteiger partial charge in [-0.15, -0.1) is 0 Å². The van der Waals surface area contributed by atoms with Gasteiger partial charge in [0.05, 0.1) is 0 Å². The van der Waals surface area contributed by atoms with Gasteiger partial charge >= 0.3 is 0 Å². The van der Waals surface area contributed by atoms with Gasteiger partial charge in [-0.1, -0.05) is 27.7 Å². The van der Waals surface area contributed by atoms with Gasteiger partial charge < -0.3 is 0 Å². The summed E-state index contributed by atoms with van der Waals surface area (Å²) in [5.74, 6) is -1.26. The highest BCUT2D eigenvalue weighted by atomic mass is 19.2. The summed E-state index contributed by atoms with van der Waals surface area (Å²) >= 11 is 0. The van der Waals surface area contributed by atoms with Crippen molar-refractivity contribution in [2.45, 2.75) is 34.1 Å². The van der Waals surface area contributed by atoms with Gasteiger partial charge in [-0.25, -0.2) is 8.78 Å². The predicted molar refractivity (Wildman–Crippen MR) is 39.0 cm³/mol. The van der Waals surface area contributed by atoms with Gasteiger partial charge in [0.15, 0.2) is 0 Å². The van der Waals surface area contributed by atoms with E-state index < -0.39 is 17.1 Å². The summed E-state index contributed by atoms with van der Waals surface area (Å²) in [6.45, 7) is 6.55. The smallest absolute Gasteiger partial charge is 0.137 e. The first-order chi connectivity index (χ1) is 4.39. The second kappa shape index (κ2) is 3.13. The zero-order valence-corrected chi connectivity index (χ0v) is 6.96. The van der Waals surface area contributed by atoms with Crippen LogP contribution in [0.1, 0.15) is 34.1 Å². The van der Waals surface area contributed by atoms with Crippen molar-refractivity contribution >= 4 is 0 Å². The van der Waals surface area contributed by atoms with Crippen LogP contribution < -0.4 is 0 Å². The fourth-order valence-corrected chi connectivity index (χ4v) is 0.562. The average Bonchev–Trinajstić information content (AvgIpc) is 1.83. The average molecular weight is 148 g/mol. The molecule has 0 aliphatic heterocycles. The van der Waals surface area contributed by atoms with Crippen LogP contribution in [0.2, 0.25) is 0 Å². The van der Waals surface area contributed by atoms with E-state index in [9.17, 15) is 8.78 Å². The summed E-state index contributed by atoms with van der Waals surface area (Å²) in [5.41, 5.74) is -0.680. The largest absolute Gasteiger partial charge is 0.209 e.